The second kappa shape index (κ2) is 5.73. The van der Waals surface area contributed by atoms with E-state index in [9.17, 15) is 17.7 Å². The van der Waals surface area contributed by atoms with Crippen molar-refractivity contribution < 1.29 is 69.1 Å². The number of carbonyl (C=O) groups is 1. The van der Waals surface area contributed by atoms with Crippen molar-refractivity contribution in [2.24, 2.45) is 5.92 Å². The Morgan fingerprint density at radius 1 is 1.25 bits per heavy atom. The van der Waals surface area contributed by atoms with Gasteiger partial charge >= 0.3 is 58.4 Å². The zero-order chi connectivity index (χ0) is 11.1. The summed E-state index contributed by atoms with van der Waals surface area (Å²) in [7, 11) is 0. The van der Waals surface area contributed by atoms with Gasteiger partial charge in [-0.3, -0.25) is 4.79 Å². The summed E-state index contributed by atoms with van der Waals surface area (Å²) in [6, 6.07) is -0.130. The van der Waals surface area contributed by atoms with Crippen LogP contribution >= 0.6 is 0 Å². The van der Waals surface area contributed by atoms with Crippen LogP contribution in [0.15, 0.2) is 0 Å². The van der Waals surface area contributed by atoms with Crippen LogP contribution in [0, 0.1) is 5.92 Å². The minimum Gasteiger partial charge on any atom is -0.448 e. The quantitative estimate of drug-likeness (QED) is 0.593. The Labute approximate surface area is 136 Å². The van der Waals surface area contributed by atoms with Crippen molar-refractivity contribution in [1.82, 2.24) is 4.90 Å². The van der Waals surface area contributed by atoms with Gasteiger partial charge in [-0.15, -0.1) is 0 Å². The molecule has 1 saturated carbocycles. The van der Waals surface area contributed by atoms with Crippen LogP contribution in [0.3, 0.4) is 0 Å². The maximum Gasteiger partial charge on any atom is 1.00 e. The zero-order valence-corrected chi connectivity index (χ0v) is 12.6. The molecule has 2 aliphatic rings. The van der Waals surface area contributed by atoms with Gasteiger partial charge in [0.25, 0.3) is 0 Å². The fourth-order valence-corrected chi connectivity index (χ4v) is 2.82. The fourth-order valence-electron chi connectivity index (χ4n) is 2.82. The molecule has 2 rings (SSSR count). The Bertz CT molecular complexity index is 274. The number of halogens is 3. The summed E-state index contributed by atoms with van der Waals surface area (Å²) in [6.07, 6.45) is 3.01. The smallest absolute Gasteiger partial charge is 0.448 e. The third kappa shape index (κ3) is 3.48. The van der Waals surface area contributed by atoms with E-state index in [-0.39, 0.29) is 69.3 Å². The van der Waals surface area contributed by atoms with Gasteiger partial charge in [0.05, 0.1) is 0 Å². The topological polar surface area (TPSA) is 20.3 Å². The number of hydrogen-bond acceptors (Lipinski definition) is 1. The van der Waals surface area contributed by atoms with Gasteiger partial charge in [0.2, 0.25) is 5.91 Å². The molecule has 2 atom stereocenters. The van der Waals surface area contributed by atoms with Crippen LogP contribution in [0.4, 0.5) is 12.9 Å². The van der Waals surface area contributed by atoms with Gasteiger partial charge in [0, 0.05) is 12.5 Å². The minimum absolute atomic E-state index is 0. The van der Waals surface area contributed by atoms with E-state index in [4.69, 9.17) is 0 Å². The SMILES string of the molecule is O=C1CC2CCCCC2N1C[B-](F)(F)F.[K+]. The Hall–Kier alpha value is 0.961. The predicted molar refractivity (Wildman–Crippen MR) is 51.2 cm³/mol. The standard InChI is InChI=1S/C9H14BF3NO.K/c11-10(12,13)6-14-8-4-2-1-3-7(8)5-9(14)15;/h7-8H,1-6H2;/q-1;+1. The third-order valence-corrected chi connectivity index (χ3v) is 3.43. The molecule has 1 amide bonds. The van der Waals surface area contributed by atoms with Crippen molar-refractivity contribution in [2.75, 3.05) is 6.44 Å². The fraction of sp³-hybridized carbons (Fsp3) is 0.889. The molecule has 2 nitrogen and oxygen atoms in total. The summed E-state index contributed by atoms with van der Waals surface area (Å²) in [5.41, 5.74) is 0. The van der Waals surface area contributed by atoms with E-state index < -0.39 is 13.4 Å². The maximum atomic E-state index is 12.3. The van der Waals surface area contributed by atoms with Crippen molar-refractivity contribution in [3.8, 4) is 0 Å². The summed E-state index contributed by atoms with van der Waals surface area (Å²) >= 11 is 0. The molecule has 0 spiro atoms. The molecule has 16 heavy (non-hydrogen) atoms. The molecule has 1 aliphatic heterocycles. The molecule has 0 aromatic heterocycles. The molecule has 0 N–H and O–H groups in total. The van der Waals surface area contributed by atoms with Crippen LogP contribution in [-0.2, 0) is 4.79 Å². The second-order valence-corrected chi connectivity index (χ2v) is 4.57. The largest absolute Gasteiger partial charge is 1.00 e. The van der Waals surface area contributed by atoms with Gasteiger partial charge in [0.1, 0.15) is 0 Å². The predicted octanol–water partition coefficient (Wildman–Crippen LogP) is -0.832. The molecule has 1 saturated heterocycles. The van der Waals surface area contributed by atoms with Crippen LogP contribution in [0.25, 0.3) is 0 Å². The molecule has 0 aromatic carbocycles. The molecule has 0 radical (unpaired) electrons. The molecule has 1 heterocycles. The van der Waals surface area contributed by atoms with E-state index in [2.05, 4.69) is 0 Å². The van der Waals surface area contributed by atoms with Crippen LogP contribution in [0.1, 0.15) is 32.1 Å². The van der Waals surface area contributed by atoms with Crippen LogP contribution in [-0.4, -0.2) is 30.3 Å². The van der Waals surface area contributed by atoms with Crippen LogP contribution < -0.4 is 51.4 Å². The molecule has 7 heteroatoms. The minimum atomic E-state index is -4.88. The van der Waals surface area contributed by atoms with Crippen LogP contribution in [0.2, 0.25) is 0 Å². The zero-order valence-electron chi connectivity index (χ0n) is 9.46. The molecule has 2 fully saturated rings. The summed E-state index contributed by atoms with van der Waals surface area (Å²) in [5.74, 6) is -0.115. The van der Waals surface area contributed by atoms with E-state index >= 15 is 0 Å². The maximum absolute atomic E-state index is 12.3. The van der Waals surface area contributed by atoms with E-state index in [0.717, 1.165) is 30.6 Å². The van der Waals surface area contributed by atoms with Gasteiger partial charge in [-0.1, -0.05) is 12.8 Å². The van der Waals surface area contributed by atoms with Gasteiger partial charge in [-0.25, -0.2) is 0 Å². The van der Waals surface area contributed by atoms with Gasteiger partial charge in [-0.05, 0) is 25.2 Å². The first-order valence-corrected chi connectivity index (χ1v) is 5.48. The molecule has 1 aliphatic carbocycles. The summed E-state index contributed by atoms with van der Waals surface area (Å²) in [4.78, 5) is 12.5. The first kappa shape index (κ1) is 15.0. The van der Waals surface area contributed by atoms with E-state index in [1.54, 1.807) is 0 Å². The first-order valence-electron chi connectivity index (χ1n) is 5.48. The van der Waals surface area contributed by atoms with Gasteiger partial charge in [0.15, 0.2) is 0 Å². The summed E-state index contributed by atoms with van der Waals surface area (Å²) < 4.78 is 36.9. The van der Waals surface area contributed by atoms with Crippen molar-refractivity contribution in [1.29, 1.82) is 0 Å². The monoisotopic (exact) mass is 259 g/mol. The molecule has 0 aromatic rings. The Kier molecular flexibility index (Phi) is 5.38. The second-order valence-electron chi connectivity index (χ2n) is 4.57. The Morgan fingerprint density at radius 2 is 1.88 bits per heavy atom. The van der Waals surface area contributed by atoms with Gasteiger partial charge < -0.3 is 17.8 Å². The van der Waals surface area contributed by atoms with Crippen molar-refractivity contribution in [2.45, 2.75) is 38.1 Å². The number of hydrogen-bond donors (Lipinski definition) is 0. The number of carbonyl (C=O) groups excluding carboxylic acids is 1. The average Bonchev–Trinajstić information content (AvgIpc) is 2.41. The number of likely N-dealkylation sites (tertiary alicyclic amines) is 1. The molecular weight excluding hydrogens is 245 g/mol. The van der Waals surface area contributed by atoms with Crippen molar-refractivity contribution in [3.05, 3.63) is 0 Å². The molecule has 86 valence electrons. The van der Waals surface area contributed by atoms with Crippen molar-refractivity contribution >= 4 is 12.9 Å². The number of amides is 1. The normalized spacial score (nSPS) is 29.9. The number of fused-ring (bicyclic) bond motifs is 1. The van der Waals surface area contributed by atoms with E-state index in [0.29, 0.717) is 6.42 Å². The van der Waals surface area contributed by atoms with E-state index in [1.165, 1.54) is 0 Å². The average molecular weight is 259 g/mol. The molecular formula is C9H14BF3KNO. The van der Waals surface area contributed by atoms with E-state index in [1.807, 2.05) is 0 Å². The number of rotatable bonds is 2. The van der Waals surface area contributed by atoms with Crippen molar-refractivity contribution in [3.63, 3.8) is 0 Å². The molecule has 0 bridgehead atoms. The third-order valence-electron chi connectivity index (χ3n) is 3.43. The summed E-state index contributed by atoms with van der Waals surface area (Å²) in [5, 5.41) is 0. The van der Waals surface area contributed by atoms with Crippen LogP contribution in [0.5, 0.6) is 0 Å². The number of nitrogens with zero attached hydrogens (tertiary/aromatic N) is 1. The Morgan fingerprint density at radius 3 is 2.50 bits per heavy atom. The summed E-state index contributed by atoms with van der Waals surface area (Å²) in [6.45, 7) is -4.88. The molecule has 2 unspecified atom stereocenters. The van der Waals surface area contributed by atoms with Gasteiger partial charge in [-0.2, -0.15) is 0 Å². The first-order chi connectivity index (χ1) is 6.97. The Balaban J connectivity index is 0.00000128.